The second kappa shape index (κ2) is 13.6. The van der Waals surface area contributed by atoms with Crippen LogP contribution in [0.1, 0.15) is 18.4 Å². The van der Waals surface area contributed by atoms with Crippen molar-refractivity contribution < 1.29 is 23.9 Å². The van der Waals surface area contributed by atoms with Crippen molar-refractivity contribution in [3.8, 4) is 0 Å². The number of hydrazine groups is 1. The van der Waals surface area contributed by atoms with E-state index >= 15 is 0 Å². The predicted octanol–water partition coefficient (Wildman–Crippen LogP) is 0.336. The molecule has 0 saturated carbocycles. The Kier molecular flexibility index (Phi) is 10.3. The molecule has 0 spiro atoms. The Morgan fingerprint density at radius 1 is 1.16 bits per heavy atom. The standard InChI is InChI=1S/C25H37N7O5/c1-4-12-26-24(35)27-13-8-11-20-23(34)30(14-15-37-3)17-21-31(20)22(33)18-29(2)32(21)25(36)28-16-19-9-6-5-7-10-19/h4-7,9-10,20-21H,1,8,11-18H2,2-3H3,(H,28,36)(H2,26,27,35)/t20-,21-/m0/s1. The van der Waals surface area contributed by atoms with Crippen LogP contribution in [0.5, 0.6) is 0 Å². The molecule has 0 aliphatic carbocycles. The summed E-state index contributed by atoms with van der Waals surface area (Å²) in [4.78, 5) is 54.9. The fraction of sp³-hybridized carbons (Fsp3) is 0.520. The number of hydrogen-bond donors (Lipinski definition) is 3. The van der Waals surface area contributed by atoms with Gasteiger partial charge in [0.1, 0.15) is 12.2 Å². The molecule has 12 heteroatoms. The van der Waals surface area contributed by atoms with Crippen molar-refractivity contribution in [1.82, 2.24) is 35.8 Å². The maximum Gasteiger partial charge on any atom is 0.334 e. The number of ether oxygens (including phenoxy) is 1. The van der Waals surface area contributed by atoms with E-state index in [0.29, 0.717) is 45.6 Å². The number of urea groups is 2. The van der Waals surface area contributed by atoms with E-state index < -0.39 is 12.2 Å². The summed E-state index contributed by atoms with van der Waals surface area (Å²) in [7, 11) is 3.25. The molecule has 2 aliphatic rings. The van der Waals surface area contributed by atoms with E-state index in [1.807, 2.05) is 30.3 Å². The van der Waals surface area contributed by atoms with Gasteiger partial charge in [-0.1, -0.05) is 36.4 Å². The number of rotatable bonds is 11. The highest BCUT2D eigenvalue weighted by Crippen LogP contribution is 2.27. The Hall–Kier alpha value is -3.64. The molecule has 6 amide bonds. The predicted molar refractivity (Wildman–Crippen MR) is 137 cm³/mol. The number of piperazine rings is 1. The van der Waals surface area contributed by atoms with Crippen molar-refractivity contribution in [3.05, 3.63) is 48.6 Å². The SMILES string of the molecule is C=CCNC(=O)NCCC[C@H]1C(=O)N(CCOC)C[C@H]2N1C(=O)CN(C)N2C(=O)NCc1ccccc1. The fourth-order valence-electron chi connectivity index (χ4n) is 4.56. The Labute approximate surface area is 217 Å². The highest BCUT2D eigenvalue weighted by Gasteiger charge is 2.50. The van der Waals surface area contributed by atoms with Crippen LogP contribution in [0.15, 0.2) is 43.0 Å². The fourth-order valence-corrected chi connectivity index (χ4v) is 4.56. The smallest absolute Gasteiger partial charge is 0.334 e. The molecule has 2 aliphatic heterocycles. The number of nitrogens with zero attached hydrogens (tertiary/aromatic N) is 4. The summed E-state index contributed by atoms with van der Waals surface area (Å²) in [5.74, 6) is -0.409. The van der Waals surface area contributed by atoms with Gasteiger partial charge in [-0.05, 0) is 18.4 Å². The Morgan fingerprint density at radius 3 is 2.62 bits per heavy atom. The van der Waals surface area contributed by atoms with Gasteiger partial charge in [0, 0.05) is 40.3 Å². The summed E-state index contributed by atoms with van der Waals surface area (Å²) in [5.41, 5.74) is 0.950. The number of benzene rings is 1. The monoisotopic (exact) mass is 515 g/mol. The van der Waals surface area contributed by atoms with Crippen LogP contribution in [0.4, 0.5) is 9.59 Å². The summed E-state index contributed by atoms with van der Waals surface area (Å²) in [6.45, 7) is 5.39. The number of likely N-dealkylation sites (N-methyl/N-ethyl adjacent to an activating group) is 1. The molecule has 202 valence electrons. The first kappa shape index (κ1) is 27.9. The van der Waals surface area contributed by atoms with Crippen molar-refractivity contribution in [1.29, 1.82) is 0 Å². The van der Waals surface area contributed by atoms with Crippen molar-refractivity contribution >= 4 is 23.9 Å². The van der Waals surface area contributed by atoms with Crippen LogP contribution >= 0.6 is 0 Å². The lowest BCUT2D eigenvalue weighted by molar-refractivity contribution is -0.187. The normalized spacial score (nSPS) is 19.9. The largest absolute Gasteiger partial charge is 0.383 e. The number of nitrogens with one attached hydrogen (secondary N) is 3. The molecular weight excluding hydrogens is 478 g/mol. The molecular formula is C25H37N7O5. The third-order valence-electron chi connectivity index (χ3n) is 6.35. The van der Waals surface area contributed by atoms with Crippen LogP contribution < -0.4 is 16.0 Å². The minimum absolute atomic E-state index is 0.0285. The average Bonchev–Trinajstić information content (AvgIpc) is 2.89. The van der Waals surface area contributed by atoms with Crippen molar-refractivity contribution in [3.63, 3.8) is 0 Å². The molecule has 1 aromatic carbocycles. The lowest BCUT2D eigenvalue weighted by atomic mass is 10.0. The number of amides is 6. The van der Waals surface area contributed by atoms with E-state index in [1.54, 1.807) is 30.1 Å². The Balaban J connectivity index is 1.74. The van der Waals surface area contributed by atoms with Crippen LogP contribution in [0.2, 0.25) is 0 Å². The van der Waals surface area contributed by atoms with Gasteiger partial charge in [-0.3, -0.25) is 9.59 Å². The maximum atomic E-state index is 13.4. The van der Waals surface area contributed by atoms with E-state index in [0.717, 1.165) is 5.56 Å². The maximum absolute atomic E-state index is 13.4. The zero-order valence-electron chi connectivity index (χ0n) is 21.5. The molecule has 12 nitrogen and oxygen atoms in total. The van der Waals surface area contributed by atoms with Gasteiger partial charge in [0.05, 0.1) is 19.7 Å². The topological polar surface area (TPSA) is 127 Å². The zero-order valence-corrected chi connectivity index (χ0v) is 21.5. The van der Waals surface area contributed by atoms with Crippen molar-refractivity contribution in [2.24, 2.45) is 0 Å². The Morgan fingerprint density at radius 2 is 1.92 bits per heavy atom. The quantitative estimate of drug-likeness (QED) is 0.288. The number of hydrogen-bond acceptors (Lipinski definition) is 6. The van der Waals surface area contributed by atoms with E-state index in [4.69, 9.17) is 4.74 Å². The number of carbonyl (C=O) groups is 4. The van der Waals surface area contributed by atoms with Crippen LogP contribution in [-0.2, 0) is 20.9 Å². The van der Waals surface area contributed by atoms with E-state index in [1.165, 1.54) is 9.91 Å². The summed E-state index contributed by atoms with van der Waals surface area (Å²) >= 11 is 0. The zero-order chi connectivity index (χ0) is 26.8. The molecule has 0 radical (unpaired) electrons. The molecule has 1 aromatic rings. The van der Waals surface area contributed by atoms with E-state index in [2.05, 4.69) is 22.5 Å². The van der Waals surface area contributed by atoms with E-state index in [9.17, 15) is 19.2 Å². The number of fused-ring (bicyclic) bond motifs is 1. The Bertz CT molecular complexity index is 960. The molecule has 2 heterocycles. The third-order valence-corrected chi connectivity index (χ3v) is 6.35. The van der Waals surface area contributed by atoms with Crippen molar-refractivity contribution in [2.75, 3.05) is 53.5 Å². The molecule has 37 heavy (non-hydrogen) atoms. The highest BCUT2D eigenvalue weighted by atomic mass is 16.5. The van der Waals surface area contributed by atoms with Crippen LogP contribution in [0, 0.1) is 0 Å². The molecule has 2 saturated heterocycles. The molecule has 2 fully saturated rings. The second-order valence-electron chi connectivity index (χ2n) is 8.95. The molecule has 0 bridgehead atoms. The first-order valence-electron chi connectivity index (χ1n) is 12.4. The van der Waals surface area contributed by atoms with Gasteiger partial charge < -0.3 is 30.5 Å². The van der Waals surface area contributed by atoms with E-state index in [-0.39, 0.29) is 37.0 Å². The minimum Gasteiger partial charge on any atom is -0.383 e. The van der Waals surface area contributed by atoms with Crippen molar-refractivity contribution in [2.45, 2.75) is 31.6 Å². The molecule has 0 unspecified atom stereocenters. The summed E-state index contributed by atoms with van der Waals surface area (Å²) in [5, 5.41) is 11.4. The lowest BCUT2D eigenvalue weighted by Gasteiger charge is -2.54. The van der Waals surface area contributed by atoms with Gasteiger partial charge in [-0.2, -0.15) is 0 Å². The van der Waals surface area contributed by atoms with Gasteiger partial charge in [-0.15, -0.1) is 6.58 Å². The molecule has 3 rings (SSSR count). The first-order valence-corrected chi connectivity index (χ1v) is 12.4. The summed E-state index contributed by atoms with van der Waals surface area (Å²) < 4.78 is 5.19. The molecule has 2 atom stereocenters. The van der Waals surface area contributed by atoms with Crippen LogP contribution in [0.25, 0.3) is 0 Å². The lowest BCUT2D eigenvalue weighted by Crippen LogP contribution is -2.76. The second-order valence-corrected chi connectivity index (χ2v) is 8.95. The van der Waals surface area contributed by atoms with Gasteiger partial charge in [0.2, 0.25) is 11.8 Å². The number of carbonyl (C=O) groups excluding carboxylic acids is 4. The minimum atomic E-state index is -0.751. The van der Waals surface area contributed by atoms with Gasteiger partial charge in [-0.25, -0.2) is 19.6 Å². The third kappa shape index (κ3) is 7.20. The van der Waals surface area contributed by atoms with Crippen LogP contribution in [-0.4, -0.2) is 109 Å². The molecule has 0 aromatic heterocycles. The highest BCUT2D eigenvalue weighted by molar-refractivity contribution is 5.91. The average molecular weight is 516 g/mol. The summed E-state index contributed by atoms with van der Waals surface area (Å²) in [6.07, 6.45) is 1.74. The van der Waals surface area contributed by atoms with Gasteiger partial charge in [0.25, 0.3) is 0 Å². The summed E-state index contributed by atoms with van der Waals surface area (Å²) in [6, 6.07) is 8.12. The van der Waals surface area contributed by atoms with Gasteiger partial charge >= 0.3 is 12.1 Å². The first-order chi connectivity index (χ1) is 17.9. The molecule has 3 N–H and O–H groups in total. The number of methoxy groups -OCH3 is 1. The van der Waals surface area contributed by atoms with Crippen LogP contribution in [0.3, 0.4) is 0 Å². The van der Waals surface area contributed by atoms with Gasteiger partial charge in [0.15, 0.2) is 0 Å².